The molecule has 1 aromatic carbocycles. The molecule has 0 fully saturated rings. The Balaban J connectivity index is 2.79. The highest BCUT2D eigenvalue weighted by atomic mass is 16.5. The second-order valence-corrected chi connectivity index (χ2v) is 4.25. The Hall–Kier alpha value is -1.91. The number of hydrogen-bond acceptors (Lipinski definition) is 3. The number of nitrogens with zero attached hydrogens (tertiary/aromatic N) is 1. The van der Waals surface area contributed by atoms with E-state index in [2.05, 4.69) is 17.2 Å². The second-order valence-electron chi connectivity index (χ2n) is 4.25. The first-order valence-electron chi connectivity index (χ1n) is 6.40. The minimum Gasteiger partial charge on any atom is -0.493 e. The normalized spacial score (nSPS) is 12.9. The number of nitrogens with two attached hydrogens (primary N) is 1. The summed E-state index contributed by atoms with van der Waals surface area (Å²) in [4.78, 5) is 4.21. The summed E-state index contributed by atoms with van der Waals surface area (Å²) < 4.78 is 10.5. The van der Waals surface area contributed by atoms with E-state index in [0.717, 1.165) is 18.5 Å². The van der Waals surface area contributed by atoms with Crippen molar-refractivity contribution >= 4 is 5.96 Å². The van der Waals surface area contributed by atoms with E-state index in [0.29, 0.717) is 17.5 Å². The Labute approximate surface area is 114 Å². The highest BCUT2D eigenvalue weighted by Crippen LogP contribution is 2.29. The first kappa shape index (κ1) is 15.1. The summed E-state index contributed by atoms with van der Waals surface area (Å²) in [7, 11) is 3.24. The van der Waals surface area contributed by atoms with Gasteiger partial charge in [-0.1, -0.05) is 13.0 Å². The topological polar surface area (TPSA) is 68.9 Å². The number of nitrogens with one attached hydrogen (secondary N) is 1. The van der Waals surface area contributed by atoms with Crippen LogP contribution in [0.15, 0.2) is 23.2 Å². The lowest BCUT2D eigenvalue weighted by Crippen LogP contribution is -2.34. The molecule has 0 aliphatic heterocycles. The number of benzene rings is 1. The molecule has 0 aliphatic carbocycles. The van der Waals surface area contributed by atoms with E-state index in [1.165, 1.54) is 0 Å². The summed E-state index contributed by atoms with van der Waals surface area (Å²) >= 11 is 0. The fourth-order valence-corrected chi connectivity index (χ4v) is 1.71. The average Bonchev–Trinajstić information content (AvgIpc) is 2.44. The van der Waals surface area contributed by atoms with E-state index in [-0.39, 0.29) is 6.04 Å². The van der Waals surface area contributed by atoms with Gasteiger partial charge in [-0.3, -0.25) is 4.99 Å². The van der Waals surface area contributed by atoms with Gasteiger partial charge in [0.25, 0.3) is 0 Å². The third-order valence-electron chi connectivity index (χ3n) is 2.78. The van der Waals surface area contributed by atoms with Gasteiger partial charge in [0, 0.05) is 6.54 Å². The van der Waals surface area contributed by atoms with Gasteiger partial charge in [0.15, 0.2) is 17.5 Å². The van der Waals surface area contributed by atoms with Crippen LogP contribution in [0.25, 0.3) is 0 Å². The maximum atomic E-state index is 5.81. The third-order valence-corrected chi connectivity index (χ3v) is 2.78. The molecule has 5 nitrogen and oxygen atoms in total. The Morgan fingerprint density at radius 1 is 1.32 bits per heavy atom. The number of hydrogen-bond donors (Lipinski definition) is 2. The first-order valence-corrected chi connectivity index (χ1v) is 6.40. The standard InChI is InChI=1S/C14H23N3O2/c1-5-8-16-14(15)17-10(2)11-6-7-12(18-3)13(9-11)19-4/h6-7,9-10H,5,8H2,1-4H3,(H3,15,16,17). The van der Waals surface area contributed by atoms with Gasteiger partial charge in [0.2, 0.25) is 0 Å². The summed E-state index contributed by atoms with van der Waals surface area (Å²) in [6, 6.07) is 5.85. The summed E-state index contributed by atoms with van der Waals surface area (Å²) in [5, 5.41) is 3.15. The van der Waals surface area contributed by atoms with Crippen molar-refractivity contribution in [2.75, 3.05) is 20.8 Å². The molecule has 3 N–H and O–H groups in total. The number of methoxy groups -OCH3 is 2. The molecular weight excluding hydrogens is 242 g/mol. The van der Waals surface area contributed by atoms with E-state index >= 15 is 0 Å². The van der Waals surface area contributed by atoms with Crippen LogP contribution < -0.4 is 20.5 Å². The first-order chi connectivity index (χ1) is 9.12. The lowest BCUT2D eigenvalue weighted by atomic mass is 10.1. The molecule has 1 rings (SSSR count). The molecule has 0 heterocycles. The van der Waals surface area contributed by atoms with E-state index in [1.807, 2.05) is 25.1 Å². The molecule has 0 aliphatic rings. The lowest BCUT2D eigenvalue weighted by Gasteiger charge is -2.17. The van der Waals surface area contributed by atoms with E-state index < -0.39 is 0 Å². The molecule has 0 amide bonds. The van der Waals surface area contributed by atoms with Gasteiger partial charge in [-0.25, -0.2) is 0 Å². The molecule has 0 saturated heterocycles. The van der Waals surface area contributed by atoms with Gasteiger partial charge in [-0.05, 0) is 31.0 Å². The van der Waals surface area contributed by atoms with Crippen LogP contribution in [0.5, 0.6) is 11.5 Å². The van der Waals surface area contributed by atoms with E-state index in [4.69, 9.17) is 15.2 Å². The zero-order chi connectivity index (χ0) is 14.3. The van der Waals surface area contributed by atoms with Gasteiger partial charge in [0.1, 0.15) is 0 Å². The van der Waals surface area contributed by atoms with Gasteiger partial charge >= 0.3 is 0 Å². The molecule has 0 spiro atoms. The Morgan fingerprint density at radius 2 is 2.00 bits per heavy atom. The summed E-state index contributed by atoms with van der Waals surface area (Å²) in [5.41, 5.74) is 6.87. The van der Waals surface area contributed by atoms with E-state index in [1.54, 1.807) is 14.2 Å². The molecule has 19 heavy (non-hydrogen) atoms. The van der Waals surface area contributed by atoms with Crippen molar-refractivity contribution in [1.82, 2.24) is 5.32 Å². The number of rotatable bonds is 6. The Bertz CT molecular complexity index is 433. The van der Waals surface area contributed by atoms with Crippen LogP contribution in [-0.4, -0.2) is 26.7 Å². The molecule has 0 aromatic heterocycles. The average molecular weight is 265 g/mol. The predicted molar refractivity (Wildman–Crippen MR) is 77.9 cm³/mol. The van der Waals surface area contributed by atoms with Crippen molar-refractivity contribution in [2.24, 2.45) is 10.7 Å². The molecular formula is C14H23N3O2. The fourth-order valence-electron chi connectivity index (χ4n) is 1.71. The van der Waals surface area contributed by atoms with Crippen LogP contribution in [0.2, 0.25) is 0 Å². The number of guanidine groups is 1. The minimum atomic E-state index is 0.0559. The van der Waals surface area contributed by atoms with Crippen molar-refractivity contribution in [3.05, 3.63) is 23.8 Å². The molecule has 0 saturated carbocycles. The van der Waals surface area contributed by atoms with Crippen LogP contribution >= 0.6 is 0 Å². The zero-order valence-electron chi connectivity index (χ0n) is 12.1. The van der Waals surface area contributed by atoms with Crippen LogP contribution in [0.1, 0.15) is 31.9 Å². The third kappa shape index (κ3) is 4.35. The molecule has 106 valence electrons. The molecule has 0 radical (unpaired) electrons. The molecule has 0 bridgehead atoms. The van der Waals surface area contributed by atoms with Crippen molar-refractivity contribution in [3.63, 3.8) is 0 Å². The SMILES string of the molecule is CCCN=C(N)NC(C)c1ccc(OC)c(OC)c1. The number of aliphatic imine (C=N–C) groups is 1. The summed E-state index contributed by atoms with van der Waals surface area (Å²) in [5.74, 6) is 1.88. The van der Waals surface area contributed by atoms with Crippen molar-refractivity contribution in [2.45, 2.75) is 26.3 Å². The number of ether oxygens (including phenoxy) is 2. The van der Waals surface area contributed by atoms with Crippen molar-refractivity contribution < 1.29 is 9.47 Å². The van der Waals surface area contributed by atoms with Crippen LogP contribution in [0, 0.1) is 0 Å². The van der Waals surface area contributed by atoms with Gasteiger partial charge in [-0.2, -0.15) is 0 Å². The summed E-state index contributed by atoms with van der Waals surface area (Å²) in [6.45, 7) is 4.82. The van der Waals surface area contributed by atoms with Gasteiger partial charge in [0.05, 0.1) is 20.3 Å². The molecule has 1 unspecified atom stereocenters. The monoisotopic (exact) mass is 265 g/mol. The highest BCUT2D eigenvalue weighted by Gasteiger charge is 2.10. The Kier molecular flexibility index (Phi) is 5.99. The molecule has 5 heteroatoms. The Morgan fingerprint density at radius 3 is 2.58 bits per heavy atom. The zero-order valence-corrected chi connectivity index (χ0v) is 12.1. The molecule has 1 atom stereocenters. The largest absolute Gasteiger partial charge is 0.493 e. The fraction of sp³-hybridized carbons (Fsp3) is 0.500. The van der Waals surface area contributed by atoms with Crippen LogP contribution in [-0.2, 0) is 0 Å². The van der Waals surface area contributed by atoms with Crippen LogP contribution in [0.3, 0.4) is 0 Å². The molecule has 1 aromatic rings. The maximum absolute atomic E-state index is 5.81. The van der Waals surface area contributed by atoms with Gasteiger partial charge < -0.3 is 20.5 Å². The highest BCUT2D eigenvalue weighted by molar-refractivity contribution is 5.78. The lowest BCUT2D eigenvalue weighted by molar-refractivity contribution is 0.354. The quantitative estimate of drug-likeness (QED) is 0.610. The van der Waals surface area contributed by atoms with E-state index in [9.17, 15) is 0 Å². The maximum Gasteiger partial charge on any atom is 0.189 e. The van der Waals surface area contributed by atoms with Gasteiger partial charge in [-0.15, -0.1) is 0 Å². The van der Waals surface area contributed by atoms with Crippen molar-refractivity contribution in [3.8, 4) is 11.5 Å². The second kappa shape index (κ2) is 7.51. The van der Waals surface area contributed by atoms with Crippen LogP contribution in [0.4, 0.5) is 0 Å². The minimum absolute atomic E-state index is 0.0559. The predicted octanol–water partition coefficient (Wildman–Crippen LogP) is 2.08. The summed E-state index contributed by atoms with van der Waals surface area (Å²) in [6.07, 6.45) is 0.979. The smallest absolute Gasteiger partial charge is 0.189 e. The van der Waals surface area contributed by atoms with Crippen molar-refractivity contribution in [1.29, 1.82) is 0 Å².